The minimum atomic E-state index is -0.600. The standard InChI is InChI=1S/C20H26N2O5/c1-5-26-16-8-6-14(7-9-16)12-15-13-17(23)22(18(15)24)11-10-21-19(25)27-20(2,3)4/h6-9,12H,5,10-11,13H2,1-4H3,(H,21,25)/b15-12+. The molecule has 0 bridgehead atoms. The van der Waals surface area contributed by atoms with Gasteiger partial charge in [-0.2, -0.15) is 0 Å². The van der Waals surface area contributed by atoms with Gasteiger partial charge < -0.3 is 14.8 Å². The Bertz CT molecular complexity index is 732. The van der Waals surface area contributed by atoms with E-state index in [2.05, 4.69) is 5.32 Å². The van der Waals surface area contributed by atoms with Gasteiger partial charge in [-0.05, 0) is 51.5 Å². The zero-order valence-corrected chi connectivity index (χ0v) is 16.2. The predicted molar refractivity (Wildman–Crippen MR) is 101 cm³/mol. The number of hydrogen-bond donors (Lipinski definition) is 1. The van der Waals surface area contributed by atoms with Gasteiger partial charge in [0, 0.05) is 18.7 Å². The molecule has 1 heterocycles. The molecular weight excluding hydrogens is 348 g/mol. The van der Waals surface area contributed by atoms with E-state index in [0.717, 1.165) is 16.2 Å². The Kier molecular flexibility index (Phi) is 6.60. The summed E-state index contributed by atoms with van der Waals surface area (Å²) in [6.07, 6.45) is 1.18. The van der Waals surface area contributed by atoms with Crippen molar-refractivity contribution in [3.8, 4) is 5.75 Å². The largest absolute Gasteiger partial charge is 0.494 e. The first-order valence-corrected chi connectivity index (χ1v) is 8.94. The molecule has 3 amide bonds. The molecule has 0 unspecified atom stereocenters. The Hall–Kier alpha value is -2.83. The molecule has 0 spiro atoms. The second-order valence-electron chi connectivity index (χ2n) is 7.13. The number of rotatable bonds is 6. The van der Waals surface area contributed by atoms with Crippen LogP contribution in [0.1, 0.15) is 39.7 Å². The van der Waals surface area contributed by atoms with Gasteiger partial charge in [-0.25, -0.2) is 4.79 Å². The van der Waals surface area contributed by atoms with Crippen LogP contribution in [-0.2, 0) is 14.3 Å². The topological polar surface area (TPSA) is 84.9 Å². The van der Waals surface area contributed by atoms with Crippen LogP contribution >= 0.6 is 0 Å². The summed E-state index contributed by atoms with van der Waals surface area (Å²) in [5.74, 6) is 0.145. The van der Waals surface area contributed by atoms with Crippen LogP contribution in [0, 0.1) is 0 Å². The molecule has 1 N–H and O–H groups in total. The van der Waals surface area contributed by atoms with E-state index in [1.807, 2.05) is 31.2 Å². The first-order valence-electron chi connectivity index (χ1n) is 8.94. The number of ether oxygens (including phenoxy) is 2. The van der Waals surface area contributed by atoms with E-state index in [1.54, 1.807) is 26.8 Å². The number of carbonyl (C=O) groups is 3. The number of hydrogen-bond acceptors (Lipinski definition) is 5. The van der Waals surface area contributed by atoms with Gasteiger partial charge in [-0.1, -0.05) is 12.1 Å². The van der Waals surface area contributed by atoms with Gasteiger partial charge in [-0.3, -0.25) is 14.5 Å². The Morgan fingerprint density at radius 3 is 2.48 bits per heavy atom. The lowest BCUT2D eigenvalue weighted by molar-refractivity contribution is -0.137. The van der Waals surface area contributed by atoms with Gasteiger partial charge in [0.2, 0.25) is 5.91 Å². The van der Waals surface area contributed by atoms with Crippen LogP contribution < -0.4 is 10.1 Å². The SMILES string of the molecule is CCOc1ccc(/C=C2\CC(=O)N(CCNC(=O)OC(C)(C)C)C2=O)cc1. The van der Waals surface area contributed by atoms with Crippen molar-refractivity contribution in [1.29, 1.82) is 0 Å². The van der Waals surface area contributed by atoms with E-state index in [-0.39, 0.29) is 31.3 Å². The van der Waals surface area contributed by atoms with Crippen LogP contribution in [0.5, 0.6) is 5.75 Å². The van der Waals surface area contributed by atoms with E-state index < -0.39 is 11.7 Å². The maximum Gasteiger partial charge on any atom is 0.407 e. The number of benzene rings is 1. The molecule has 0 aliphatic carbocycles. The number of amides is 3. The highest BCUT2D eigenvalue weighted by molar-refractivity contribution is 6.15. The quantitative estimate of drug-likeness (QED) is 0.611. The van der Waals surface area contributed by atoms with E-state index in [1.165, 1.54) is 0 Å². The molecule has 27 heavy (non-hydrogen) atoms. The van der Waals surface area contributed by atoms with Crippen LogP contribution in [-0.4, -0.2) is 48.1 Å². The van der Waals surface area contributed by atoms with Gasteiger partial charge in [0.25, 0.3) is 5.91 Å². The van der Waals surface area contributed by atoms with Crippen molar-refractivity contribution in [2.24, 2.45) is 0 Å². The molecule has 1 aromatic carbocycles. The third-order valence-corrected chi connectivity index (χ3v) is 3.70. The van der Waals surface area contributed by atoms with E-state index in [0.29, 0.717) is 12.2 Å². The molecule has 7 nitrogen and oxygen atoms in total. The van der Waals surface area contributed by atoms with E-state index in [9.17, 15) is 14.4 Å². The fourth-order valence-corrected chi connectivity index (χ4v) is 2.57. The Balaban J connectivity index is 1.93. The number of carbonyl (C=O) groups excluding carboxylic acids is 3. The lowest BCUT2D eigenvalue weighted by atomic mass is 10.1. The fourth-order valence-electron chi connectivity index (χ4n) is 2.57. The van der Waals surface area contributed by atoms with Crippen LogP contribution in [0.25, 0.3) is 6.08 Å². The lowest BCUT2D eigenvalue weighted by Crippen LogP contribution is -2.39. The molecule has 7 heteroatoms. The highest BCUT2D eigenvalue weighted by Crippen LogP contribution is 2.22. The minimum absolute atomic E-state index is 0.0540. The van der Waals surface area contributed by atoms with Gasteiger partial charge in [0.05, 0.1) is 13.0 Å². The number of alkyl carbamates (subject to hydrolysis) is 1. The van der Waals surface area contributed by atoms with Gasteiger partial charge in [0.15, 0.2) is 0 Å². The average molecular weight is 374 g/mol. The van der Waals surface area contributed by atoms with Crippen molar-refractivity contribution in [2.75, 3.05) is 19.7 Å². The summed E-state index contributed by atoms with van der Waals surface area (Å²) in [6, 6.07) is 7.31. The summed E-state index contributed by atoms with van der Waals surface area (Å²) < 4.78 is 10.5. The molecule has 0 radical (unpaired) electrons. The second-order valence-corrected chi connectivity index (χ2v) is 7.13. The first kappa shape index (κ1) is 20.5. The van der Waals surface area contributed by atoms with E-state index in [4.69, 9.17) is 9.47 Å². The monoisotopic (exact) mass is 374 g/mol. The number of nitrogens with one attached hydrogen (secondary N) is 1. The summed E-state index contributed by atoms with van der Waals surface area (Å²) in [5, 5.41) is 2.55. The average Bonchev–Trinajstić information content (AvgIpc) is 2.82. The van der Waals surface area contributed by atoms with Crippen LogP contribution in [0.2, 0.25) is 0 Å². The molecule has 146 valence electrons. The lowest BCUT2D eigenvalue weighted by Gasteiger charge is -2.20. The third-order valence-electron chi connectivity index (χ3n) is 3.70. The number of likely N-dealkylation sites (tertiary alicyclic amines) is 1. The summed E-state index contributed by atoms with van der Waals surface area (Å²) in [7, 11) is 0. The molecule has 1 aromatic rings. The summed E-state index contributed by atoms with van der Waals surface area (Å²) in [4.78, 5) is 37.4. The van der Waals surface area contributed by atoms with Crippen molar-refractivity contribution in [1.82, 2.24) is 10.2 Å². The molecule has 2 rings (SSSR count). The smallest absolute Gasteiger partial charge is 0.407 e. The van der Waals surface area contributed by atoms with Crippen molar-refractivity contribution in [3.63, 3.8) is 0 Å². The maximum absolute atomic E-state index is 12.5. The first-order chi connectivity index (χ1) is 12.7. The Morgan fingerprint density at radius 1 is 1.22 bits per heavy atom. The van der Waals surface area contributed by atoms with Crippen LogP contribution in [0.15, 0.2) is 29.8 Å². The van der Waals surface area contributed by atoms with E-state index >= 15 is 0 Å². The zero-order chi connectivity index (χ0) is 20.0. The number of imide groups is 1. The molecule has 0 saturated carbocycles. The third kappa shape index (κ3) is 6.13. The van der Waals surface area contributed by atoms with Crippen LogP contribution in [0.4, 0.5) is 4.79 Å². The molecule has 1 fully saturated rings. The highest BCUT2D eigenvalue weighted by Gasteiger charge is 2.33. The molecule has 1 saturated heterocycles. The fraction of sp³-hybridized carbons (Fsp3) is 0.450. The maximum atomic E-state index is 12.5. The molecule has 0 atom stereocenters. The van der Waals surface area contributed by atoms with Gasteiger partial charge in [-0.15, -0.1) is 0 Å². The van der Waals surface area contributed by atoms with Gasteiger partial charge >= 0.3 is 6.09 Å². The van der Waals surface area contributed by atoms with Crippen molar-refractivity contribution in [2.45, 2.75) is 39.7 Å². The van der Waals surface area contributed by atoms with Crippen molar-refractivity contribution < 1.29 is 23.9 Å². The highest BCUT2D eigenvalue weighted by atomic mass is 16.6. The molecule has 1 aliphatic rings. The number of nitrogens with zero attached hydrogens (tertiary/aromatic N) is 1. The molecular formula is C20H26N2O5. The second kappa shape index (κ2) is 8.70. The Labute approximate surface area is 159 Å². The molecule has 0 aromatic heterocycles. The van der Waals surface area contributed by atoms with Crippen LogP contribution in [0.3, 0.4) is 0 Å². The normalized spacial score (nSPS) is 16.0. The summed E-state index contributed by atoms with van der Waals surface area (Å²) in [5.41, 5.74) is 0.654. The predicted octanol–water partition coefficient (Wildman–Crippen LogP) is 2.75. The summed E-state index contributed by atoms with van der Waals surface area (Å²) in [6.45, 7) is 8.03. The van der Waals surface area contributed by atoms with Gasteiger partial charge in [0.1, 0.15) is 11.4 Å². The molecule has 1 aliphatic heterocycles. The minimum Gasteiger partial charge on any atom is -0.494 e. The summed E-state index contributed by atoms with van der Waals surface area (Å²) >= 11 is 0. The van der Waals surface area contributed by atoms with Crippen molar-refractivity contribution in [3.05, 3.63) is 35.4 Å². The van der Waals surface area contributed by atoms with Crippen molar-refractivity contribution >= 4 is 24.0 Å². The Morgan fingerprint density at radius 2 is 1.89 bits per heavy atom. The zero-order valence-electron chi connectivity index (χ0n) is 16.2.